The van der Waals surface area contributed by atoms with Crippen molar-refractivity contribution in [1.82, 2.24) is 4.90 Å². The lowest BCUT2D eigenvalue weighted by Gasteiger charge is -2.36. The number of piperidine rings is 1. The minimum Gasteiger partial charge on any atom is -0.444 e. The number of benzene rings is 1. The molecule has 2 aliphatic rings. The number of carbonyl (C=O) groups excluding carboxylic acids is 1. The van der Waals surface area contributed by atoms with Crippen LogP contribution in [0.5, 0.6) is 0 Å². The monoisotopic (exact) mass is 308 g/mol. The molecule has 21 heavy (non-hydrogen) atoms. The third kappa shape index (κ3) is 2.95. The fourth-order valence-corrected chi connectivity index (χ4v) is 3.28. The highest BCUT2D eigenvalue weighted by Crippen LogP contribution is 2.41. The predicted molar refractivity (Wildman–Crippen MR) is 84.0 cm³/mol. The van der Waals surface area contributed by atoms with Crippen LogP contribution in [0.15, 0.2) is 18.2 Å². The number of likely N-dealkylation sites (tertiary alicyclic amines) is 1. The minimum atomic E-state index is -0.455. The topological polar surface area (TPSA) is 41.6 Å². The second-order valence-electron chi connectivity index (χ2n) is 6.80. The van der Waals surface area contributed by atoms with Crippen molar-refractivity contribution in [3.05, 3.63) is 28.8 Å². The first kappa shape index (κ1) is 14.5. The van der Waals surface area contributed by atoms with Crippen molar-refractivity contribution in [3.8, 4) is 0 Å². The van der Waals surface area contributed by atoms with Crippen LogP contribution in [-0.4, -0.2) is 35.7 Å². The van der Waals surface area contributed by atoms with Crippen LogP contribution in [-0.2, 0) is 4.74 Å². The van der Waals surface area contributed by atoms with E-state index in [-0.39, 0.29) is 6.09 Å². The third-order valence-electron chi connectivity index (χ3n) is 4.02. The van der Waals surface area contributed by atoms with Gasteiger partial charge in [0.2, 0.25) is 0 Å². The predicted octanol–water partition coefficient (Wildman–Crippen LogP) is 3.86. The van der Waals surface area contributed by atoms with E-state index in [9.17, 15) is 4.79 Å². The SMILES string of the molecule is CC(C)(C)OC(=O)N1CC[C@@H]2Nc3ccc(Cl)cc3[C@H]2C1. The second-order valence-corrected chi connectivity index (χ2v) is 7.24. The van der Waals surface area contributed by atoms with Crippen LogP contribution in [0.3, 0.4) is 0 Å². The molecule has 5 heteroatoms. The van der Waals surface area contributed by atoms with Gasteiger partial charge in [0, 0.05) is 35.8 Å². The zero-order valence-corrected chi connectivity index (χ0v) is 13.4. The Labute approximate surface area is 130 Å². The van der Waals surface area contributed by atoms with E-state index in [4.69, 9.17) is 16.3 Å². The summed E-state index contributed by atoms with van der Waals surface area (Å²) >= 11 is 6.11. The number of amides is 1. The lowest BCUT2D eigenvalue weighted by Crippen LogP contribution is -2.46. The molecule has 4 nitrogen and oxygen atoms in total. The lowest BCUT2D eigenvalue weighted by molar-refractivity contribution is 0.0195. The molecule has 0 aromatic heterocycles. The van der Waals surface area contributed by atoms with Crippen LogP contribution in [0.4, 0.5) is 10.5 Å². The van der Waals surface area contributed by atoms with Crippen molar-refractivity contribution < 1.29 is 9.53 Å². The van der Waals surface area contributed by atoms with Crippen LogP contribution in [0.2, 0.25) is 5.02 Å². The number of nitrogens with zero attached hydrogens (tertiary/aromatic N) is 1. The van der Waals surface area contributed by atoms with Crippen molar-refractivity contribution in [2.75, 3.05) is 18.4 Å². The third-order valence-corrected chi connectivity index (χ3v) is 4.25. The van der Waals surface area contributed by atoms with Crippen molar-refractivity contribution in [2.45, 2.75) is 44.8 Å². The number of carbonyl (C=O) groups is 1. The normalized spacial score (nSPS) is 24.1. The molecule has 2 heterocycles. The summed E-state index contributed by atoms with van der Waals surface area (Å²) in [6.45, 7) is 7.09. The van der Waals surface area contributed by atoms with Gasteiger partial charge >= 0.3 is 6.09 Å². The number of hydrogen-bond donors (Lipinski definition) is 1. The van der Waals surface area contributed by atoms with E-state index in [1.165, 1.54) is 5.56 Å². The Morgan fingerprint density at radius 3 is 2.90 bits per heavy atom. The van der Waals surface area contributed by atoms with Gasteiger partial charge in [0.1, 0.15) is 5.60 Å². The first-order valence-corrected chi connectivity index (χ1v) is 7.75. The Hall–Kier alpha value is -1.42. The Bertz CT molecular complexity index is 568. The van der Waals surface area contributed by atoms with E-state index in [2.05, 4.69) is 5.32 Å². The number of halogens is 1. The van der Waals surface area contributed by atoms with Gasteiger partial charge < -0.3 is 15.0 Å². The summed E-state index contributed by atoms with van der Waals surface area (Å²) < 4.78 is 5.48. The average molecular weight is 309 g/mol. The molecule has 0 saturated carbocycles. The largest absolute Gasteiger partial charge is 0.444 e. The molecule has 2 aliphatic heterocycles. The van der Waals surface area contributed by atoms with E-state index in [1.54, 1.807) is 0 Å². The quantitative estimate of drug-likeness (QED) is 0.791. The molecule has 0 bridgehead atoms. The lowest BCUT2D eigenvalue weighted by atomic mass is 9.89. The summed E-state index contributed by atoms with van der Waals surface area (Å²) in [5, 5.41) is 4.28. The minimum absolute atomic E-state index is 0.226. The molecule has 114 valence electrons. The van der Waals surface area contributed by atoms with Crippen LogP contribution in [0.25, 0.3) is 0 Å². The fourth-order valence-electron chi connectivity index (χ4n) is 3.10. The smallest absolute Gasteiger partial charge is 0.410 e. The molecule has 1 fully saturated rings. The molecule has 1 amide bonds. The van der Waals surface area contributed by atoms with E-state index >= 15 is 0 Å². The summed E-state index contributed by atoms with van der Waals surface area (Å²) in [5.41, 5.74) is 1.89. The molecule has 1 aromatic carbocycles. The molecule has 0 radical (unpaired) electrons. The Balaban J connectivity index is 1.76. The van der Waals surface area contributed by atoms with Crippen LogP contribution < -0.4 is 5.32 Å². The number of hydrogen-bond acceptors (Lipinski definition) is 3. The van der Waals surface area contributed by atoms with Gasteiger partial charge in [-0.05, 0) is 51.0 Å². The highest BCUT2D eigenvalue weighted by molar-refractivity contribution is 6.30. The number of anilines is 1. The van der Waals surface area contributed by atoms with E-state index in [1.807, 2.05) is 43.9 Å². The molecule has 1 saturated heterocycles. The molecule has 2 atom stereocenters. The number of rotatable bonds is 0. The van der Waals surface area contributed by atoms with E-state index < -0.39 is 5.60 Å². The van der Waals surface area contributed by atoms with Gasteiger partial charge in [-0.25, -0.2) is 4.79 Å². The van der Waals surface area contributed by atoms with Gasteiger partial charge in [0.15, 0.2) is 0 Å². The van der Waals surface area contributed by atoms with E-state index in [0.29, 0.717) is 18.5 Å². The maximum absolute atomic E-state index is 12.2. The van der Waals surface area contributed by atoms with Crippen molar-refractivity contribution in [1.29, 1.82) is 0 Å². The zero-order chi connectivity index (χ0) is 15.2. The van der Waals surface area contributed by atoms with Gasteiger partial charge in [0.05, 0.1) is 0 Å². The van der Waals surface area contributed by atoms with Crippen LogP contribution >= 0.6 is 11.6 Å². The Morgan fingerprint density at radius 1 is 1.43 bits per heavy atom. The number of nitrogens with one attached hydrogen (secondary N) is 1. The van der Waals surface area contributed by atoms with Gasteiger partial charge in [-0.2, -0.15) is 0 Å². The highest BCUT2D eigenvalue weighted by atomic mass is 35.5. The molecule has 0 aliphatic carbocycles. The summed E-state index contributed by atoms with van der Waals surface area (Å²) in [6.07, 6.45) is 0.701. The molecule has 1 N–H and O–H groups in total. The van der Waals surface area contributed by atoms with E-state index in [0.717, 1.165) is 23.7 Å². The van der Waals surface area contributed by atoms with Crippen molar-refractivity contribution in [3.63, 3.8) is 0 Å². The summed E-state index contributed by atoms with van der Waals surface area (Å²) in [7, 11) is 0. The summed E-state index contributed by atoms with van der Waals surface area (Å²) in [4.78, 5) is 14.0. The number of fused-ring (bicyclic) bond motifs is 3. The standard InChI is InChI=1S/C16H21ClN2O2/c1-16(2,3)21-15(20)19-7-6-14-12(9-19)11-8-10(17)4-5-13(11)18-14/h4-5,8,12,14,18H,6-7,9H2,1-3H3/t12-,14+/m1/s1. The van der Waals surface area contributed by atoms with Gasteiger partial charge in [-0.1, -0.05) is 11.6 Å². The van der Waals surface area contributed by atoms with Crippen LogP contribution in [0, 0.1) is 0 Å². The molecule has 0 spiro atoms. The Morgan fingerprint density at radius 2 is 2.19 bits per heavy atom. The van der Waals surface area contributed by atoms with Gasteiger partial charge in [0.25, 0.3) is 0 Å². The first-order valence-electron chi connectivity index (χ1n) is 7.37. The molecule has 1 aromatic rings. The first-order chi connectivity index (χ1) is 9.83. The van der Waals surface area contributed by atoms with Crippen molar-refractivity contribution in [2.24, 2.45) is 0 Å². The average Bonchev–Trinajstić information content (AvgIpc) is 2.74. The zero-order valence-electron chi connectivity index (χ0n) is 12.6. The second kappa shape index (κ2) is 5.09. The maximum Gasteiger partial charge on any atom is 0.410 e. The Kier molecular flexibility index (Phi) is 3.52. The van der Waals surface area contributed by atoms with Crippen molar-refractivity contribution >= 4 is 23.4 Å². The summed E-state index contributed by atoms with van der Waals surface area (Å²) in [6, 6.07) is 6.31. The highest BCUT2D eigenvalue weighted by Gasteiger charge is 2.39. The molecular formula is C16H21ClN2O2. The molecule has 3 rings (SSSR count). The summed E-state index contributed by atoms with van der Waals surface area (Å²) in [5.74, 6) is 0.292. The molecular weight excluding hydrogens is 288 g/mol. The fraction of sp³-hybridized carbons (Fsp3) is 0.562. The van der Waals surface area contributed by atoms with Crippen LogP contribution in [0.1, 0.15) is 38.7 Å². The molecule has 0 unspecified atom stereocenters. The number of ether oxygens (including phenoxy) is 1. The van der Waals surface area contributed by atoms with Gasteiger partial charge in [-0.15, -0.1) is 0 Å². The maximum atomic E-state index is 12.2. The van der Waals surface area contributed by atoms with Gasteiger partial charge in [-0.3, -0.25) is 0 Å².